The summed E-state index contributed by atoms with van der Waals surface area (Å²) >= 11 is 5.29. The summed E-state index contributed by atoms with van der Waals surface area (Å²) < 4.78 is 0. The zero-order chi connectivity index (χ0) is 5.98. The Morgan fingerprint density at radius 1 is 1.56 bits per heavy atom. The average molecular weight is 153 g/mol. The van der Waals surface area contributed by atoms with E-state index in [-0.39, 0.29) is 34.7 Å². The van der Waals surface area contributed by atoms with E-state index < -0.39 is 6.01 Å². The molecule has 1 aromatic heterocycles. The summed E-state index contributed by atoms with van der Waals surface area (Å²) in [5, 5.41) is 10.4. The van der Waals surface area contributed by atoms with E-state index in [9.17, 15) is 5.11 Å². The zero-order valence-electron chi connectivity index (χ0n) is 4.84. The summed E-state index contributed by atoms with van der Waals surface area (Å²) in [6, 6.07) is 0.903. The van der Waals surface area contributed by atoms with Gasteiger partial charge in [0.1, 0.15) is 5.15 Å². The fourth-order valence-electron chi connectivity index (χ4n) is 0.320. The van der Waals surface area contributed by atoms with E-state index >= 15 is 0 Å². The van der Waals surface area contributed by atoms with Crippen molar-refractivity contribution < 1.29 is 34.7 Å². The zero-order valence-corrected chi connectivity index (χ0v) is 7.59. The summed E-state index contributed by atoms with van der Waals surface area (Å²) in [6.45, 7) is 0. The van der Waals surface area contributed by atoms with E-state index in [1.165, 1.54) is 12.3 Å². The first-order chi connectivity index (χ1) is 3.79. The molecule has 0 aliphatic rings. The summed E-state index contributed by atoms with van der Waals surface area (Å²) in [5.41, 5.74) is 0. The molecule has 0 saturated carbocycles. The van der Waals surface area contributed by atoms with E-state index in [2.05, 4.69) is 9.97 Å². The van der Waals surface area contributed by atoms with Crippen LogP contribution in [0.15, 0.2) is 12.3 Å². The van der Waals surface area contributed by atoms with Crippen molar-refractivity contribution in [2.45, 2.75) is 0 Å². The number of rotatable bonds is 0. The molecule has 1 aromatic rings. The smallest absolute Gasteiger partial charge is 0.844 e. The van der Waals surface area contributed by atoms with Crippen molar-refractivity contribution in [3.8, 4) is 6.01 Å². The predicted octanol–water partition coefficient (Wildman–Crippen LogP) is -2.79. The van der Waals surface area contributed by atoms with Gasteiger partial charge in [0.05, 0.1) is 6.01 Å². The third-order valence-corrected chi connectivity index (χ3v) is 0.810. The Morgan fingerprint density at radius 3 is 2.56 bits per heavy atom. The summed E-state index contributed by atoms with van der Waals surface area (Å²) in [4.78, 5) is 6.56. The van der Waals surface area contributed by atoms with Crippen LogP contribution in [0, 0.1) is 0 Å². The molecule has 0 aliphatic carbocycles. The van der Waals surface area contributed by atoms with Gasteiger partial charge >= 0.3 is 29.6 Å². The maximum atomic E-state index is 10.2. The van der Waals surface area contributed by atoms with Crippen molar-refractivity contribution in [1.29, 1.82) is 0 Å². The Labute approximate surface area is 79.4 Å². The van der Waals surface area contributed by atoms with Gasteiger partial charge < -0.3 is 5.11 Å². The molecule has 3 nitrogen and oxygen atoms in total. The van der Waals surface area contributed by atoms with Crippen LogP contribution in [0.1, 0.15) is 0 Å². The van der Waals surface area contributed by atoms with Gasteiger partial charge in [-0.1, -0.05) is 11.6 Å². The second kappa shape index (κ2) is 4.06. The van der Waals surface area contributed by atoms with Gasteiger partial charge in [0.25, 0.3) is 0 Å². The second-order valence-electron chi connectivity index (χ2n) is 1.16. The Hall–Kier alpha value is 0.170. The predicted molar refractivity (Wildman–Crippen MR) is 26.5 cm³/mol. The molecule has 0 aromatic carbocycles. The second-order valence-corrected chi connectivity index (χ2v) is 1.55. The molecule has 5 heteroatoms. The normalized spacial score (nSPS) is 8.11. The fraction of sp³-hybridized carbons (Fsp3) is 0. The topological polar surface area (TPSA) is 48.8 Å². The third-order valence-electron chi connectivity index (χ3n) is 0.599. The van der Waals surface area contributed by atoms with Gasteiger partial charge in [0, 0.05) is 6.20 Å². The molecule has 0 saturated heterocycles. The Balaban J connectivity index is 0.000000640. The molecule has 0 unspecified atom stereocenters. The monoisotopic (exact) mass is 152 g/mol. The molecule has 0 bridgehead atoms. The van der Waals surface area contributed by atoms with Crippen molar-refractivity contribution in [3.05, 3.63) is 17.4 Å². The van der Waals surface area contributed by atoms with Crippen LogP contribution >= 0.6 is 11.6 Å². The summed E-state index contributed by atoms with van der Waals surface area (Å²) in [7, 11) is 0. The Bertz CT molecular complexity index is 178. The maximum absolute atomic E-state index is 10.2. The minimum Gasteiger partial charge on any atom is -0.844 e. The standard InChI is InChI=1S/C4H3ClN2O.Na/c5-3-1-2-6-4(8)7-3;/h1-2H,(H,6,7,8);/q;+1/p-1. The number of nitrogens with zero attached hydrogens (tertiary/aromatic N) is 2. The van der Waals surface area contributed by atoms with Gasteiger partial charge in [-0.15, -0.1) is 0 Å². The molecule has 1 heterocycles. The van der Waals surface area contributed by atoms with E-state index in [1.54, 1.807) is 0 Å². The van der Waals surface area contributed by atoms with Crippen LogP contribution < -0.4 is 34.7 Å². The quantitative estimate of drug-likeness (QED) is 0.298. The number of aromatic nitrogens is 2. The molecular formula is C4H2ClN2NaO. The first-order valence-corrected chi connectivity index (χ1v) is 2.32. The van der Waals surface area contributed by atoms with E-state index in [1.807, 2.05) is 0 Å². The minimum atomic E-state index is -0.544. The van der Waals surface area contributed by atoms with E-state index in [0.29, 0.717) is 0 Å². The Morgan fingerprint density at radius 2 is 2.22 bits per heavy atom. The molecule has 9 heavy (non-hydrogen) atoms. The van der Waals surface area contributed by atoms with Crippen LogP contribution in [0.25, 0.3) is 0 Å². The van der Waals surface area contributed by atoms with Crippen LogP contribution in [-0.2, 0) is 0 Å². The molecule has 0 radical (unpaired) electrons. The van der Waals surface area contributed by atoms with Crippen LogP contribution in [0.4, 0.5) is 0 Å². The van der Waals surface area contributed by atoms with Gasteiger partial charge in [-0.2, -0.15) is 0 Å². The van der Waals surface area contributed by atoms with Gasteiger partial charge in [-0.3, -0.25) is 4.98 Å². The molecule has 0 N–H and O–H groups in total. The van der Waals surface area contributed by atoms with Crippen molar-refractivity contribution in [3.63, 3.8) is 0 Å². The first-order valence-electron chi connectivity index (χ1n) is 1.94. The number of hydrogen-bond acceptors (Lipinski definition) is 3. The third kappa shape index (κ3) is 3.01. The van der Waals surface area contributed by atoms with Crippen molar-refractivity contribution in [2.24, 2.45) is 0 Å². The van der Waals surface area contributed by atoms with E-state index in [4.69, 9.17) is 11.6 Å². The molecule has 0 fully saturated rings. The van der Waals surface area contributed by atoms with Crippen LogP contribution in [0.5, 0.6) is 6.01 Å². The number of halogens is 1. The first kappa shape index (κ1) is 9.17. The fourth-order valence-corrected chi connectivity index (χ4v) is 0.449. The van der Waals surface area contributed by atoms with Crippen molar-refractivity contribution in [1.82, 2.24) is 9.97 Å². The van der Waals surface area contributed by atoms with Gasteiger partial charge in [-0.25, -0.2) is 4.98 Å². The van der Waals surface area contributed by atoms with Crippen LogP contribution in [0.2, 0.25) is 5.15 Å². The van der Waals surface area contributed by atoms with Gasteiger partial charge in [-0.05, 0) is 6.07 Å². The molecule has 0 aliphatic heterocycles. The number of hydrogen-bond donors (Lipinski definition) is 0. The summed E-state index contributed by atoms with van der Waals surface area (Å²) in [5.74, 6) is 0. The van der Waals surface area contributed by atoms with Crippen molar-refractivity contribution in [2.75, 3.05) is 0 Å². The van der Waals surface area contributed by atoms with Gasteiger partial charge in [0.2, 0.25) is 0 Å². The SMILES string of the molecule is [Na+].[O-]c1nccc(Cl)n1. The molecule has 0 atom stereocenters. The van der Waals surface area contributed by atoms with Gasteiger partial charge in [0.15, 0.2) is 0 Å². The average Bonchev–Trinajstić information content (AvgIpc) is 1.64. The molecule has 0 spiro atoms. The van der Waals surface area contributed by atoms with E-state index in [0.717, 1.165) is 0 Å². The minimum absolute atomic E-state index is 0. The van der Waals surface area contributed by atoms with Crippen LogP contribution in [-0.4, -0.2) is 9.97 Å². The maximum Gasteiger partial charge on any atom is 1.00 e. The summed E-state index contributed by atoms with van der Waals surface area (Å²) in [6.07, 6.45) is 1.32. The van der Waals surface area contributed by atoms with Crippen LogP contribution in [0.3, 0.4) is 0 Å². The molecule has 42 valence electrons. The largest absolute Gasteiger partial charge is 1.00 e. The van der Waals surface area contributed by atoms with Crippen molar-refractivity contribution >= 4 is 11.6 Å². The Kier molecular flexibility index (Phi) is 4.14. The molecular weight excluding hydrogens is 150 g/mol. The molecule has 1 rings (SSSR count). The molecule has 0 amide bonds.